The van der Waals surface area contributed by atoms with Crippen LogP contribution in [0.3, 0.4) is 0 Å². The molecule has 0 aliphatic heterocycles. The van der Waals surface area contributed by atoms with E-state index in [1.165, 1.54) is 18.2 Å². The first-order chi connectivity index (χ1) is 13.3. The lowest BCUT2D eigenvalue weighted by Gasteiger charge is -2.39. The molecule has 1 aromatic heterocycles. The maximum atomic E-state index is 13.8. The second-order valence-corrected chi connectivity index (χ2v) is 8.52. The Kier molecular flexibility index (Phi) is 5.73. The van der Waals surface area contributed by atoms with Gasteiger partial charge in [-0.25, -0.2) is 8.78 Å². The molecule has 1 N–H and O–H groups in total. The Bertz CT molecular complexity index is 923. The zero-order chi connectivity index (χ0) is 21.6. The lowest BCUT2D eigenvalue weighted by Crippen LogP contribution is -2.44. The molecule has 1 heterocycles. The quantitative estimate of drug-likeness (QED) is 0.460. The fourth-order valence-electron chi connectivity index (χ4n) is 4.37. The molecule has 1 saturated carbocycles. The summed E-state index contributed by atoms with van der Waals surface area (Å²) < 4.78 is 67.3. The molecule has 3 rings (SSSR count). The van der Waals surface area contributed by atoms with Crippen LogP contribution in [0, 0.1) is 5.92 Å². The number of alkyl halides is 5. The van der Waals surface area contributed by atoms with Gasteiger partial charge in [-0.3, -0.25) is 4.79 Å². The number of aliphatic hydroxyl groups is 1. The zero-order valence-corrected chi connectivity index (χ0v) is 16.5. The first kappa shape index (κ1) is 22.0. The number of fused-ring (bicyclic) bond motifs is 1. The maximum absolute atomic E-state index is 13.8. The van der Waals surface area contributed by atoms with E-state index in [1.807, 2.05) is 0 Å². The highest BCUT2D eigenvalue weighted by Crippen LogP contribution is 2.44. The van der Waals surface area contributed by atoms with Crippen molar-refractivity contribution in [3.05, 3.63) is 35.0 Å². The van der Waals surface area contributed by atoms with Gasteiger partial charge < -0.3 is 9.67 Å². The summed E-state index contributed by atoms with van der Waals surface area (Å²) in [5, 5.41) is 10.9. The van der Waals surface area contributed by atoms with Crippen LogP contribution in [-0.2, 0) is 6.54 Å². The molecule has 3 nitrogen and oxygen atoms in total. The summed E-state index contributed by atoms with van der Waals surface area (Å²) >= 11 is 6.13. The monoisotopic (exact) mass is 437 g/mol. The van der Waals surface area contributed by atoms with Crippen LogP contribution in [0.1, 0.15) is 49.4 Å². The summed E-state index contributed by atoms with van der Waals surface area (Å²) in [5.74, 6) is -3.96. The number of nitrogens with zero attached hydrogens (tertiary/aromatic N) is 1. The van der Waals surface area contributed by atoms with Crippen molar-refractivity contribution in [1.82, 2.24) is 4.57 Å². The normalized spacial score (nSPS) is 24.8. The van der Waals surface area contributed by atoms with Crippen LogP contribution < -0.4 is 0 Å². The van der Waals surface area contributed by atoms with E-state index in [-0.39, 0.29) is 47.2 Å². The van der Waals surface area contributed by atoms with Crippen LogP contribution in [0.2, 0.25) is 5.02 Å². The highest BCUT2D eigenvalue weighted by molar-refractivity contribution is 6.37. The van der Waals surface area contributed by atoms with Gasteiger partial charge in [0.15, 0.2) is 5.78 Å². The van der Waals surface area contributed by atoms with Crippen LogP contribution in [0.4, 0.5) is 22.0 Å². The molecule has 29 heavy (non-hydrogen) atoms. The van der Waals surface area contributed by atoms with Crippen LogP contribution in [0.15, 0.2) is 24.4 Å². The number of hydrogen-bond acceptors (Lipinski definition) is 2. The number of rotatable bonds is 5. The molecule has 0 radical (unpaired) electrons. The van der Waals surface area contributed by atoms with Crippen molar-refractivity contribution in [1.29, 1.82) is 0 Å². The first-order valence-electron chi connectivity index (χ1n) is 9.26. The van der Waals surface area contributed by atoms with Gasteiger partial charge in [0, 0.05) is 36.4 Å². The van der Waals surface area contributed by atoms with Gasteiger partial charge in [0.1, 0.15) is 6.54 Å². The summed E-state index contributed by atoms with van der Waals surface area (Å²) in [6.07, 6.45) is -4.76. The number of benzene rings is 1. The second-order valence-electron chi connectivity index (χ2n) is 8.11. The van der Waals surface area contributed by atoms with Gasteiger partial charge in [-0.05, 0) is 30.9 Å². The van der Waals surface area contributed by atoms with Gasteiger partial charge in [0.2, 0.25) is 0 Å². The van der Waals surface area contributed by atoms with E-state index in [9.17, 15) is 31.9 Å². The molecule has 1 aliphatic rings. The molecule has 0 amide bonds. The van der Waals surface area contributed by atoms with Crippen molar-refractivity contribution in [3.8, 4) is 0 Å². The zero-order valence-electron chi connectivity index (χ0n) is 15.7. The number of carbonyl (C=O) groups excluding carboxylic acids is 1. The van der Waals surface area contributed by atoms with E-state index >= 15 is 0 Å². The molecule has 0 spiro atoms. The molecule has 1 aromatic carbocycles. The number of aromatic nitrogens is 1. The smallest absolute Gasteiger partial charge is 0.390 e. The molecule has 160 valence electrons. The van der Waals surface area contributed by atoms with Gasteiger partial charge in [0.25, 0.3) is 5.92 Å². The Hall–Kier alpha value is -1.67. The van der Waals surface area contributed by atoms with Gasteiger partial charge in [-0.2, -0.15) is 13.2 Å². The molecule has 2 aromatic rings. The van der Waals surface area contributed by atoms with E-state index in [2.05, 4.69) is 0 Å². The minimum Gasteiger partial charge on any atom is -0.390 e. The van der Waals surface area contributed by atoms with Crippen LogP contribution >= 0.6 is 11.6 Å². The maximum Gasteiger partial charge on any atom is 0.406 e. The third-order valence-electron chi connectivity index (χ3n) is 5.29. The third-order valence-corrected chi connectivity index (χ3v) is 5.60. The third kappa shape index (κ3) is 5.09. The fourth-order valence-corrected chi connectivity index (χ4v) is 4.64. The van der Waals surface area contributed by atoms with E-state index in [1.54, 1.807) is 6.92 Å². The molecule has 0 saturated heterocycles. The summed E-state index contributed by atoms with van der Waals surface area (Å²) in [5.41, 5.74) is -1.53. The first-order valence-corrected chi connectivity index (χ1v) is 9.64. The van der Waals surface area contributed by atoms with E-state index < -0.39 is 42.4 Å². The average Bonchev–Trinajstić information content (AvgIpc) is 2.89. The largest absolute Gasteiger partial charge is 0.406 e. The number of Topliss-reactive ketones (excluding diaryl/α,β-unsaturated/α-hetero) is 1. The lowest BCUT2D eigenvalue weighted by atomic mass is 9.74. The summed E-state index contributed by atoms with van der Waals surface area (Å²) in [4.78, 5) is 12.8. The molecular formula is C20H21ClF5NO2. The Morgan fingerprint density at radius 2 is 2.00 bits per heavy atom. The number of ketones is 1. The molecular weight excluding hydrogens is 417 g/mol. The Labute approximate surface area is 169 Å². The summed E-state index contributed by atoms with van der Waals surface area (Å²) in [6, 6.07) is 4.39. The molecule has 2 unspecified atom stereocenters. The van der Waals surface area contributed by atoms with Crippen LogP contribution in [-0.4, -0.2) is 33.2 Å². The highest BCUT2D eigenvalue weighted by Gasteiger charge is 2.47. The van der Waals surface area contributed by atoms with Crippen LogP contribution in [0.5, 0.6) is 0 Å². The minimum absolute atomic E-state index is 0.00549. The van der Waals surface area contributed by atoms with E-state index in [0.29, 0.717) is 0 Å². The standard InChI is InChI=1S/C20H21ClF5NO2/c1-12-7-18(29,10-19(22,23)8-12)6-5-16(28)13-9-27(11-20(24,25)26)15-4-2-3-14(21)17(13)15/h2-4,9,12,29H,5-8,10-11H2,1H3. The van der Waals surface area contributed by atoms with Crippen molar-refractivity contribution in [2.24, 2.45) is 5.92 Å². The Balaban J connectivity index is 1.86. The molecule has 1 fully saturated rings. The summed E-state index contributed by atoms with van der Waals surface area (Å²) in [7, 11) is 0. The minimum atomic E-state index is -4.49. The second kappa shape index (κ2) is 7.54. The van der Waals surface area contributed by atoms with Crippen molar-refractivity contribution < 1.29 is 31.9 Å². The predicted octanol–water partition coefficient (Wildman–Crippen LogP) is 6.01. The molecule has 2 atom stereocenters. The van der Waals surface area contributed by atoms with Crippen LogP contribution in [0.25, 0.3) is 10.9 Å². The molecule has 1 aliphatic carbocycles. The Morgan fingerprint density at radius 1 is 1.31 bits per heavy atom. The Morgan fingerprint density at radius 3 is 2.62 bits per heavy atom. The van der Waals surface area contributed by atoms with Crippen molar-refractivity contribution in [2.75, 3.05) is 0 Å². The van der Waals surface area contributed by atoms with Crippen molar-refractivity contribution in [2.45, 2.75) is 63.3 Å². The van der Waals surface area contributed by atoms with Crippen molar-refractivity contribution >= 4 is 28.3 Å². The SMILES string of the molecule is CC1CC(F)(F)CC(O)(CCC(=O)c2cn(CC(F)(F)F)c3cccc(Cl)c23)C1. The number of hydrogen-bond donors (Lipinski definition) is 1. The fraction of sp³-hybridized carbons (Fsp3) is 0.550. The molecule has 0 bridgehead atoms. The van der Waals surface area contributed by atoms with Gasteiger partial charge in [-0.15, -0.1) is 0 Å². The van der Waals surface area contributed by atoms with E-state index in [0.717, 1.165) is 10.8 Å². The van der Waals surface area contributed by atoms with Gasteiger partial charge in [-0.1, -0.05) is 24.6 Å². The highest BCUT2D eigenvalue weighted by atomic mass is 35.5. The molecule has 9 heteroatoms. The predicted molar refractivity (Wildman–Crippen MR) is 99.5 cm³/mol. The lowest BCUT2D eigenvalue weighted by molar-refractivity contribution is -0.142. The van der Waals surface area contributed by atoms with Gasteiger partial charge in [0.05, 0.1) is 16.1 Å². The van der Waals surface area contributed by atoms with E-state index in [4.69, 9.17) is 11.6 Å². The topological polar surface area (TPSA) is 42.2 Å². The summed E-state index contributed by atoms with van der Waals surface area (Å²) in [6.45, 7) is 0.329. The number of carbonyl (C=O) groups is 1. The average molecular weight is 438 g/mol. The van der Waals surface area contributed by atoms with Crippen molar-refractivity contribution in [3.63, 3.8) is 0 Å². The van der Waals surface area contributed by atoms with Gasteiger partial charge >= 0.3 is 6.18 Å². The number of halogens is 6.